The number of hydrogen-bond donors (Lipinski definition) is 2. The van der Waals surface area contributed by atoms with E-state index in [4.69, 9.17) is 5.84 Å². The minimum absolute atomic E-state index is 0.0145. The smallest absolute Gasteiger partial charge is 0.123 e. The first-order valence-electron chi connectivity index (χ1n) is 4.40. The van der Waals surface area contributed by atoms with Gasteiger partial charge in [-0.15, -0.1) is 0 Å². The number of nitrogens with one attached hydrogen (secondary N) is 1. The lowest BCUT2D eigenvalue weighted by Gasteiger charge is -2.17. The zero-order chi connectivity index (χ0) is 10.6. The minimum atomic E-state index is -0.216. The fourth-order valence-electron chi connectivity index (χ4n) is 1.38. The van der Waals surface area contributed by atoms with Crippen LogP contribution in [-0.4, -0.2) is 12.0 Å². The number of hydrazine groups is 1. The summed E-state index contributed by atoms with van der Waals surface area (Å²) in [5.74, 6) is 6.04. The van der Waals surface area contributed by atoms with E-state index in [-0.39, 0.29) is 11.9 Å². The summed E-state index contributed by atoms with van der Waals surface area (Å²) in [6.45, 7) is 1.96. The van der Waals surface area contributed by atoms with Gasteiger partial charge in [0, 0.05) is 5.75 Å². The Balaban J connectivity index is 2.96. The van der Waals surface area contributed by atoms with Crippen LogP contribution in [0, 0.1) is 12.7 Å². The summed E-state index contributed by atoms with van der Waals surface area (Å²) in [6.07, 6.45) is 2.00. The molecular formula is C10H15FN2S. The zero-order valence-corrected chi connectivity index (χ0v) is 9.20. The molecule has 1 atom stereocenters. The maximum absolute atomic E-state index is 13.0. The Hall–Kier alpha value is -0.580. The highest BCUT2D eigenvalue weighted by atomic mass is 32.2. The van der Waals surface area contributed by atoms with Gasteiger partial charge in [0.15, 0.2) is 0 Å². The molecule has 1 aromatic carbocycles. The number of aryl methyl sites for hydroxylation is 1. The van der Waals surface area contributed by atoms with E-state index in [9.17, 15) is 4.39 Å². The van der Waals surface area contributed by atoms with Crippen molar-refractivity contribution in [2.24, 2.45) is 5.84 Å². The van der Waals surface area contributed by atoms with Crippen LogP contribution in [0.25, 0.3) is 0 Å². The van der Waals surface area contributed by atoms with Gasteiger partial charge in [0.05, 0.1) is 6.04 Å². The van der Waals surface area contributed by atoms with E-state index in [0.29, 0.717) is 0 Å². The van der Waals surface area contributed by atoms with E-state index in [1.165, 1.54) is 12.1 Å². The second-order valence-electron chi connectivity index (χ2n) is 3.18. The molecule has 0 amide bonds. The molecular weight excluding hydrogens is 199 g/mol. The molecule has 0 aliphatic rings. The van der Waals surface area contributed by atoms with Crippen LogP contribution in [0.2, 0.25) is 0 Å². The summed E-state index contributed by atoms with van der Waals surface area (Å²) in [5.41, 5.74) is 4.69. The van der Waals surface area contributed by atoms with E-state index in [2.05, 4.69) is 5.43 Å². The zero-order valence-electron chi connectivity index (χ0n) is 8.38. The summed E-state index contributed by atoms with van der Waals surface area (Å²) in [6, 6.07) is 4.79. The number of benzene rings is 1. The molecule has 0 aliphatic heterocycles. The summed E-state index contributed by atoms with van der Waals surface area (Å²) < 4.78 is 13.0. The van der Waals surface area contributed by atoms with Crippen molar-refractivity contribution >= 4 is 11.8 Å². The SMILES string of the molecule is CSCC(NN)c1cc(F)ccc1C. The standard InChI is InChI=1S/C10H15FN2S/c1-7-3-4-8(11)5-9(7)10(13-12)6-14-2/h3-5,10,13H,6,12H2,1-2H3. The predicted molar refractivity (Wildman–Crippen MR) is 59.6 cm³/mol. The van der Waals surface area contributed by atoms with Gasteiger partial charge in [0.2, 0.25) is 0 Å². The minimum Gasteiger partial charge on any atom is -0.271 e. The van der Waals surface area contributed by atoms with Crippen LogP contribution in [0.3, 0.4) is 0 Å². The third-order valence-corrected chi connectivity index (χ3v) is 2.82. The maximum Gasteiger partial charge on any atom is 0.123 e. The monoisotopic (exact) mass is 214 g/mol. The maximum atomic E-state index is 13.0. The van der Waals surface area contributed by atoms with E-state index in [1.54, 1.807) is 17.8 Å². The molecule has 0 fully saturated rings. The molecule has 3 N–H and O–H groups in total. The lowest BCUT2D eigenvalue weighted by atomic mass is 10.0. The van der Waals surface area contributed by atoms with Crippen molar-refractivity contribution in [1.82, 2.24) is 5.43 Å². The third kappa shape index (κ3) is 2.70. The number of thioether (sulfide) groups is 1. The molecule has 0 saturated heterocycles. The predicted octanol–water partition coefficient (Wildman–Crippen LogP) is 2.00. The fraction of sp³-hybridized carbons (Fsp3) is 0.400. The van der Waals surface area contributed by atoms with Crippen LogP contribution in [0.5, 0.6) is 0 Å². The number of halogens is 1. The molecule has 14 heavy (non-hydrogen) atoms. The molecule has 0 aliphatic carbocycles. The fourth-order valence-corrected chi connectivity index (χ4v) is 1.99. The summed E-state index contributed by atoms with van der Waals surface area (Å²) in [5, 5.41) is 0. The van der Waals surface area contributed by atoms with Gasteiger partial charge in [0.25, 0.3) is 0 Å². The molecule has 1 aromatic rings. The van der Waals surface area contributed by atoms with Crippen LogP contribution >= 0.6 is 11.8 Å². The topological polar surface area (TPSA) is 38.0 Å². The molecule has 0 radical (unpaired) electrons. The molecule has 78 valence electrons. The van der Waals surface area contributed by atoms with Crippen molar-refractivity contribution in [2.75, 3.05) is 12.0 Å². The first kappa shape index (κ1) is 11.5. The largest absolute Gasteiger partial charge is 0.271 e. The summed E-state index contributed by atoms with van der Waals surface area (Å²) >= 11 is 1.68. The van der Waals surface area contributed by atoms with Crippen LogP contribution in [0.15, 0.2) is 18.2 Å². The molecule has 4 heteroatoms. The third-order valence-electron chi connectivity index (χ3n) is 2.15. The highest BCUT2D eigenvalue weighted by molar-refractivity contribution is 7.98. The molecule has 1 rings (SSSR count). The second kappa shape index (κ2) is 5.34. The Morgan fingerprint density at radius 3 is 2.86 bits per heavy atom. The quantitative estimate of drug-likeness (QED) is 0.594. The summed E-state index contributed by atoms with van der Waals surface area (Å²) in [4.78, 5) is 0. The Labute approximate surface area is 88.0 Å². The molecule has 0 spiro atoms. The van der Waals surface area contributed by atoms with Crippen molar-refractivity contribution in [3.05, 3.63) is 35.1 Å². The van der Waals surface area contributed by atoms with Gasteiger partial charge < -0.3 is 0 Å². The first-order chi connectivity index (χ1) is 6.69. The number of hydrogen-bond acceptors (Lipinski definition) is 3. The molecule has 0 aromatic heterocycles. The average Bonchev–Trinajstić information content (AvgIpc) is 2.18. The van der Waals surface area contributed by atoms with Gasteiger partial charge in [-0.2, -0.15) is 11.8 Å². The van der Waals surface area contributed by atoms with Gasteiger partial charge in [-0.1, -0.05) is 6.07 Å². The summed E-state index contributed by atoms with van der Waals surface area (Å²) in [7, 11) is 0. The van der Waals surface area contributed by atoms with Crippen LogP contribution in [0.1, 0.15) is 17.2 Å². The Morgan fingerprint density at radius 2 is 2.29 bits per heavy atom. The number of rotatable bonds is 4. The van der Waals surface area contributed by atoms with Crippen molar-refractivity contribution in [3.8, 4) is 0 Å². The molecule has 2 nitrogen and oxygen atoms in total. The molecule has 0 saturated carbocycles. The van der Waals surface area contributed by atoms with E-state index in [0.717, 1.165) is 16.9 Å². The van der Waals surface area contributed by atoms with E-state index >= 15 is 0 Å². The van der Waals surface area contributed by atoms with Crippen molar-refractivity contribution in [1.29, 1.82) is 0 Å². The molecule has 0 heterocycles. The van der Waals surface area contributed by atoms with Crippen molar-refractivity contribution in [3.63, 3.8) is 0 Å². The highest BCUT2D eigenvalue weighted by Crippen LogP contribution is 2.20. The van der Waals surface area contributed by atoms with Crippen molar-refractivity contribution < 1.29 is 4.39 Å². The molecule has 1 unspecified atom stereocenters. The van der Waals surface area contributed by atoms with Crippen LogP contribution < -0.4 is 11.3 Å². The van der Waals surface area contributed by atoms with Crippen LogP contribution in [-0.2, 0) is 0 Å². The van der Waals surface area contributed by atoms with Crippen LogP contribution in [0.4, 0.5) is 4.39 Å². The highest BCUT2D eigenvalue weighted by Gasteiger charge is 2.11. The van der Waals surface area contributed by atoms with Gasteiger partial charge in [-0.3, -0.25) is 11.3 Å². The second-order valence-corrected chi connectivity index (χ2v) is 4.09. The first-order valence-corrected chi connectivity index (χ1v) is 5.79. The van der Waals surface area contributed by atoms with Gasteiger partial charge in [0.1, 0.15) is 5.82 Å². The Kier molecular flexibility index (Phi) is 4.38. The van der Waals surface area contributed by atoms with Gasteiger partial charge >= 0.3 is 0 Å². The van der Waals surface area contributed by atoms with Gasteiger partial charge in [-0.25, -0.2) is 4.39 Å². The van der Waals surface area contributed by atoms with Gasteiger partial charge in [-0.05, 0) is 36.4 Å². The van der Waals surface area contributed by atoms with E-state index < -0.39 is 0 Å². The lowest BCUT2D eigenvalue weighted by molar-refractivity contribution is 0.588. The Bertz CT molecular complexity index is 304. The van der Waals surface area contributed by atoms with Crippen molar-refractivity contribution in [2.45, 2.75) is 13.0 Å². The Morgan fingerprint density at radius 1 is 1.57 bits per heavy atom. The average molecular weight is 214 g/mol. The normalized spacial score (nSPS) is 12.9. The van der Waals surface area contributed by atoms with E-state index in [1.807, 2.05) is 13.2 Å². The lowest BCUT2D eigenvalue weighted by Crippen LogP contribution is -2.30. The molecule has 0 bridgehead atoms. The number of nitrogens with two attached hydrogens (primary N) is 1.